The van der Waals surface area contributed by atoms with Gasteiger partial charge in [-0.25, -0.2) is 4.98 Å². The molecule has 2 nitrogen and oxygen atoms in total. The summed E-state index contributed by atoms with van der Waals surface area (Å²) in [5.41, 5.74) is 3.68. The van der Waals surface area contributed by atoms with E-state index in [1.807, 2.05) is 0 Å². The van der Waals surface area contributed by atoms with Crippen molar-refractivity contribution >= 4 is 22.6 Å². The van der Waals surface area contributed by atoms with Crippen molar-refractivity contribution in [3.05, 3.63) is 29.6 Å². The Morgan fingerprint density at radius 1 is 1.20 bits per heavy atom. The van der Waals surface area contributed by atoms with Crippen molar-refractivity contribution in [2.75, 3.05) is 0 Å². The first-order valence-corrected chi connectivity index (χ1v) is 8.16. The van der Waals surface area contributed by atoms with E-state index in [1.165, 1.54) is 30.3 Å². The minimum Gasteiger partial charge on any atom is -0.324 e. The van der Waals surface area contributed by atoms with E-state index in [4.69, 9.17) is 16.6 Å². The van der Waals surface area contributed by atoms with Gasteiger partial charge in [0, 0.05) is 6.04 Å². The summed E-state index contributed by atoms with van der Waals surface area (Å²) in [6, 6.07) is 6.91. The van der Waals surface area contributed by atoms with Crippen LogP contribution in [-0.4, -0.2) is 9.55 Å². The highest BCUT2D eigenvalue weighted by Crippen LogP contribution is 2.39. The van der Waals surface area contributed by atoms with Crippen LogP contribution >= 0.6 is 11.6 Å². The van der Waals surface area contributed by atoms with E-state index in [1.54, 1.807) is 0 Å². The Balaban J connectivity index is 2.13. The number of fused-ring (bicyclic) bond motifs is 1. The van der Waals surface area contributed by atoms with Crippen LogP contribution in [0.25, 0.3) is 11.0 Å². The molecule has 0 saturated heterocycles. The molecule has 1 aromatic carbocycles. The molecule has 1 heterocycles. The molecule has 1 fully saturated rings. The van der Waals surface area contributed by atoms with Crippen molar-refractivity contribution in [1.82, 2.24) is 9.55 Å². The van der Waals surface area contributed by atoms with Crippen LogP contribution < -0.4 is 0 Å². The number of aryl methyl sites for hydroxylation is 1. The molecule has 0 N–H and O–H groups in total. The Bertz CT molecular complexity index is 607. The molecule has 1 aromatic heterocycles. The summed E-state index contributed by atoms with van der Waals surface area (Å²) in [4.78, 5) is 4.75. The minimum absolute atomic E-state index is 0.493. The molecule has 2 unspecified atom stereocenters. The van der Waals surface area contributed by atoms with E-state index in [0.29, 0.717) is 11.9 Å². The topological polar surface area (TPSA) is 17.8 Å². The summed E-state index contributed by atoms with van der Waals surface area (Å²) < 4.78 is 2.43. The third-order valence-corrected chi connectivity index (χ3v) is 4.86. The molecule has 108 valence electrons. The highest BCUT2D eigenvalue weighted by molar-refractivity contribution is 6.16. The highest BCUT2D eigenvalue weighted by Gasteiger charge is 2.28. The van der Waals surface area contributed by atoms with Gasteiger partial charge in [-0.2, -0.15) is 0 Å². The quantitative estimate of drug-likeness (QED) is 0.705. The zero-order valence-electron chi connectivity index (χ0n) is 12.6. The molecule has 0 bridgehead atoms. The van der Waals surface area contributed by atoms with Crippen LogP contribution in [0.4, 0.5) is 0 Å². The number of aromatic nitrogens is 2. The van der Waals surface area contributed by atoms with Gasteiger partial charge in [0.2, 0.25) is 0 Å². The van der Waals surface area contributed by atoms with E-state index in [9.17, 15) is 0 Å². The summed E-state index contributed by atoms with van der Waals surface area (Å²) in [5.74, 6) is 3.09. The number of imidazole rings is 1. The molecule has 1 aliphatic carbocycles. The van der Waals surface area contributed by atoms with Gasteiger partial charge in [-0.15, -0.1) is 11.6 Å². The molecule has 0 spiro atoms. The molecule has 0 aliphatic heterocycles. The first-order chi connectivity index (χ1) is 9.60. The lowest BCUT2D eigenvalue weighted by molar-refractivity contribution is 0.222. The van der Waals surface area contributed by atoms with Gasteiger partial charge >= 0.3 is 0 Å². The number of rotatable bonds is 2. The Hall–Kier alpha value is -1.02. The fraction of sp³-hybridized carbons (Fsp3) is 0.588. The maximum absolute atomic E-state index is 6.16. The summed E-state index contributed by atoms with van der Waals surface area (Å²) in [7, 11) is 0. The molecule has 3 rings (SSSR count). The Kier molecular flexibility index (Phi) is 3.76. The van der Waals surface area contributed by atoms with Gasteiger partial charge in [0.15, 0.2) is 0 Å². The number of hydrogen-bond donors (Lipinski definition) is 0. The van der Waals surface area contributed by atoms with E-state index in [-0.39, 0.29) is 0 Å². The lowest BCUT2D eigenvalue weighted by Crippen LogP contribution is -2.23. The fourth-order valence-corrected chi connectivity index (χ4v) is 4.16. The molecule has 2 atom stereocenters. The fourth-order valence-electron chi connectivity index (χ4n) is 3.97. The second kappa shape index (κ2) is 5.40. The molecule has 3 heteroatoms. The first kappa shape index (κ1) is 13.9. The number of hydrogen-bond acceptors (Lipinski definition) is 1. The zero-order chi connectivity index (χ0) is 14.3. The van der Waals surface area contributed by atoms with Crippen LogP contribution in [0.1, 0.15) is 50.5 Å². The molecule has 20 heavy (non-hydrogen) atoms. The van der Waals surface area contributed by atoms with E-state index < -0.39 is 0 Å². The van der Waals surface area contributed by atoms with Gasteiger partial charge in [0.25, 0.3) is 0 Å². The van der Waals surface area contributed by atoms with Crippen LogP contribution in [0, 0.1) is 18.8 Å². The normalized spacial score (nSPS) is 27.1. The van der Waals surface area contributed by atoms with E-state index in [2.05, 4.69) is 43.5 Å². The van der Waals surface area contributed by atoms with Gasteiger partial charge < -0.3 is 4.57 Å². The predicted octanol–water partition coefficient (Wildman–Crippen LogP) is 5.08. The smallest absolute Gasteiger partial charge is 0.125 e. The van der Waals surface area contributed by atoms with E-state index >= 15 is 0 Å². The zero-order valence-corrected chi connectivity index (χ0v) is 13.3. The number of para-hydroxylation sites is 1. The summed E-state index contributed by atoms with van der Waals surface area (Å²) in [6.45, 7) is 6.91. The molecular formula is C17H23ClN2. The number of halogens is 1. The first-order valence-electron chi connectivity index (χ1n) is 7.62. The van der Waals surface area contributed by atoms with Gasteiger partial charge in [-0.1, -0.05) is 26.0 Å². The summed E-state index contributed by atoms with van der Waals surface area (Å²) >= 11 is 6.16. The highest BCUT2D eigenvalue weighted by atomic mass is 35.5. The van der Waals surface area contributed by atoms with E-state index in [0.717, 1.165) is 23.2 Å². The van der Waals surface area contributed by atoms with Gasteiger partial charge in [0.05, 0.1) is 16.9 Å². The van der Waals surface area contributed by atoms with Crippen LogP contribution in [0.15, 0.2) is 18.2 Å². The molecule has 0 amide bonds. The van der Waals surface area contributed by atoms with Crippen molar-refractivity contribution in [2.24, 2.45) is 11.8 Å². The maximum Gasteiger partial charge on any atom is 0.125 e. The van der Waals surface area contributed by atoms with Crippen LogP contribution in [0.5, 0.6) is 0 Å². The Morgan fingerprint density at radius 2 is 1.90 bits per heavy atom. The maximum atomic E-state index is 6.16. The average molecular weight is 291 g/mol. The molecule has 0 radical (unpaired) electrons. The van der Waals surface area contributed by atoms with Gasteiger partial charge in [-0.3, -0.25) is 0 Å². The lowest BCUT2D eigenvalue weighted by atomic mass is 9.80. The van der Waals surface area contributed by atoms with Crippen molar-refractivity contribution in [3.63, 3.8) is 0 Å². The monoisotopic (exact) mass is 290 g/mol. The molecule has 1 saturated carbocycles. The van der Waals surface area contributed by atoms with Gasteiger partial charge in [0.1, 0.15) is 5.82 Å². The SMILES string of the molecule is Cc1cccc2nc(CCl)n(C3CC(C)CC(C)C3)c12. The lowest BCUT2D eigenvalue weighted by Gasteiger charge is -2.33. The number of alkyl halides is 1. The average Bonchev–Trinajstić information content (AvgIpc) is 2.77. The molecule has 2 aromatic rings. The third-order valence-electron chi connectivity index (χ3n) is 4.62. The van der Waals surface area contributed by atoms with Crippen LogP contribution in [0.3, 0.4) is 0 Å². The largest absolute Gasteiger partial charge is 0.324 e. The predicted molar refractivity (Wildman–Crippen MR) is 85.2 cm³/mol. The van der Waals surface area contributed by atoms with Crippen LogP contribution in [0.2, 0.25) is 0 Å². The third kappa shape index (κ3) is 2.35. The van der Waals surface area contributed by atoms with Crippen LogP contribution in [-0.2, 0) is 5.88 Å². The Labute approximate surface area is 126 Å². The Morgan fingerprint density at radius 3 is 2.55 bits per heavy atom. The standard InChI is InChI=1S/C17H23ClN2/c1-11-7-12(2)9-14(8-11)20-16(10-18)19-15-6-4-5-13(3)17(15)20/h4-6,11-12,14H,7-10H2,1-3H3. The van der Waals surface area contributed by atoms with Crippen molar-refractivity contribution in [2.45, 2.75) is 52.0 Å². The molecule has 1 aliphatic rings. The summed E-state index contributed by atoms with van der Waals surface area (Å²) in [6.07, 6.45) is 3.83. The second-order valence-corrected chi connectivity index (χ2v) is 6.81. The van der Waals surface area contributed by atoms with Crippen molar-refractivity contribution in [1.29, 1.82) is 0 Å². The number of nitrogens with zero attached hydrogens (tertiary/aromatic N) is 2. The second-order valence-electron chi connectivity index (χ2n) is 6.55. The summed E-state index contributed by atoms with van der Waals surface area (Å²) in [5, 5.41) is 0. The number of benzene rings is 1. The van der Waals surface area contributed by atoms with Gasteiger partial charge in [-0.05, 0) is 49.7 Å². The van der Waals surface area contributed by atoms with Crippen molar-refractivity contribution < 1.29 is 0 Å². The van der Waals surface area contributed by atoms with Crippen molar-refractivity contribution in [3.8, 4) is 0 Å². The minimum atomic E-state index is 0.493. The molecular weight excluding hydrogens is 268 g/mol.